The van der Waals surface area contributed by atoms with Gasteiger partial charge < -0.3 is 10.1 Å². The van der Waals surface area contributed by atoms with Crippen molar-refractivity contribution in [3.8, 4) is 0 Å². The first kappa shape index (κ1) is 15.7. The van der Waals surface area contributed by atoms with Crippen molar-refractivity contribution in [1.29, 1.82) is 0 Å². The molecule has 3 heteroatoms. The Kier molecular flexibility index (Phi) is 6.03. The number of hydrogen-bond donors (Lipinski definition) is 1. The van der Waals surface area contributed by atoms with Gasteiger partial charge in [-0.15, -0.1) is 0 Å². The highest BCUT2D eigenvalue weighted by atomic mass is 16.5. The van der Waals surface area contributed by atoms with E-state index in [4.69, 9.17) is 4.74 Å². The molecule has 106 valence electrons. The van der Waals surface area contributed by atoms with Crippen LogP contribution in [0, 0.1) is 5.92 Å². The van der Waals surface area contributed by atoms with Gasteiger partial charge in [-0.1, -0.05) is 45.0 Å². The summed E-state index contributed by atoms with van der Waals surface area (Å²) in [5, 5.41) is 3.06. The molecule has 0 radical (unpaired) electrons. The second kappa shape index (κ2) is 7.29. The number of benzene rings is 1. The average Bonchev–Trinajstić information content (AvgIpc) is 2.43. The van der Waals surface area contributed by atoms with Crippen LogP contribution < -0.4 is 5.32 Å². The van der Waals surface area contributed by atoms with E-state index < -0.39 is 6.10 Å². The number of ether oxygens (including phenoxy) is 1. The van der Waals surface area contributed by atoms with Gasteiger partial charge in [-0.05, 0) is 30.4 Å². The van der Waals surface area contributed by atoms with E-state index in [1.807, 2.05) is 0 Å². The van der Waals surface area contributed by atoms with E-state index in [2.05, 4.69) is 50.4 Å². The van der Waals surface area contributed by atoms with Crippen LogP contribution in [0.2, 0.25) is 0 Å². The van der Waals surface area contributed by atoms with E-state index in [0.717, 1.165) is 12.0 Å². The lowest BCUT2D eigenvalue weighted by molar-refractivity contribution is -0.131. The Bertz CT molecular complexity index is 398. The number of rotatable bonds is 6. The van der Waals surface area contributed by atoms with Crippen LogP contribution in [0.3, 0.4) is 0 Å². The quantitative estimate of drug-likeness (QED) is 0.856. The molecule has 0 saturated heterocycles. The van der Waals surface area contributed by atoms with E-state index in [-0.39, 0.29) is 11.9 Å². The zero-order valence-corrected chi connectivity index (χ0v) is 12.6. The molecule has 0 spiro atoms. The third kappa shape index (κ3) is 4.35. The van der Waals surface area contributed by atoms with Crippen LogP contribution in [0.15, 0.2) is 24.3 Å². The van der Waals surface area contributed by atoms with Crippen LogP contribution in [0.25, 0.3) is 0 Å². The molecule has 0 aliphatic rings. The molecule has 1 N–H and O–H groups in total. The molecule has 2 atom stereocenters. The van der Waals surface area contributed by atoms with E-state index >= 15 is 0 Å². The number of hydrogen-bond acceptors (Lipinski definition) is 2. The highest BCUT2D eigenvalue weighted by Crippen LogP contribution is 2.22. The van der Waals surface area contributed by atoms with E-state index in [1.165, 1.54) is 5.56 Å². The smallest absolute Gasteiger partial charge is 0.249 e. The molecular weight excluding hydrogens is 238 g/mol. The van der Waals surface area contributed by atoms with Gasteiger partial charge in [0.15, 0.2) is 0 Å². The van der Waals surface area contributed by atoms with Gasteiger partial charge in [-0.3, -0.25) is 4.79 Å². The Morgan fingerprint density at radius 3 is 2.21 bits per heavy atom. The zero-order valence-electron chi connectivity index (χ0n) is 12.6. The maximum absolute atomic E-state index is 11.9. The van der Waals surface area contributed by atoms with Crippen LogP contribution >= 0.6 is 0 Å². The summed E-state index contributed by atoms with van der Waals surface area (Å²) in [5.74, 6) is 0.265. The third-order valence-electron chi connectivity index (χ3n) is 3.43. The average molecular weight is 263 g/mol. The number of carbonyl (C=O) groups excluding carboxylic acids is 1. The fraction of sp³-hybridized carbons (Fsp3) is 0.562. The van der Waals surface area contributed by atoms with E-state index in [1.54, 1.807) is 14.0 Å². The summed E-state index contributed by atoms with van der Waals surface area (Å²) in [7, 11) is 1.55. The van der Waals surface area contributed by atoms with Gasteiger partial charge in [-0.2, -0.15) is 0 Å². The van der Waals surface area contributed by atoms with Gasteiger partial charge in [0.05, 0.1) is 6.04 Å². The Morgan fingerprint density at radius 2 is 1.79 bits per heavy atom. The maximum Gasteiger partial charge on any atom is 0.249 e. The molecule has 19 heavy (non-hydrogen) atoms. The first-order valence-corrected chi connectivity index (χ1v) is 6.91. The SMILES string of the molecule is CCc1ccc(C(NC(=O)C(C)OC)C(C)C)cc1. The van der Waals surface area contributed by atoms with Gasteiger partial charge in [0, 0.05) is 7.11 Å². The summed E-state index contributed by atoms with van der Waals surface area (Å²) in [6.45, 7) is 8.11. The van der Waals surface area contributed by atoms with Gasteiger partial charge in [-0.25, -0.2) is 0 Å². The van der Waals surface area contributed by atoms with Crippen molar-refractivity contribution in [2.45, 2.75) is 46.3 Å². The van der Waals surface area contributed by atoms with Crippen molar-refractivity contribution in [2.75, 3.05) is 7.11 Å². The van der Waals surface area contributed by atoms with Crippen molar-refractivity contribution >= 4 is 5.91 Å². The second-order valence-electron chi connectivity index (χ2n) is 5.20. The Hall–Kier alpha value is -1.35. The lowest BCUT2D eigenvalue weighted by Gasteiger charge is -2.24. The Balaban J connectivity index is 2.84. The van der Waals surface area contributed by atoms with Crippen molar-refractivity contribution in [3.63, 3.8) is 0 Å². The molecule has 0 saturated carbocycles. The summed E-state index contributed by atoms with van der Waals surface area (Å²) in [4.78, 5) is 11.9. The fourth-order valence-corrected chi connectivity index (χ4v) is 1.97. The van der Waals surface area contributed by atoms with Crippen LogP contribution in [0.4, 0.5) is 0 Å². The molecule has 1 aromatic carbocycles. The summed E-state index contributed by atoms with van der Waals surface area (Å²) in [6.07, 6.45) is 0.607. The normalized spacial score (nSPS) is 14.2. The standard InChI is InChI=1S/C16H25NO2/c1-6-13-7-9-14(10-8-13)15(11(2)3)17-16(18)12(4)19-5/h7-12,15H,6H2,1-5H3,(H,17,18). The molecule has 0 aliphatic heterocycles. The van der Waals surface area contributed by atoms with Crippen LogP contribution in [0.1, 0.15) is 44.9 Å². The molecule has 0 bridgehead atoms. The van der Waals surface area contributed by atoms with Gasteiger partial charge in [0.25, 0.3) is 0 Å². The monoisotopic (exact) mass is 263 g/mol. The van der Waals surface area contributed by atoms with Gasteiger partial charge in [0.1, 0.15) is 6.10 Å². The molecule has 3 nitrogen and oxygen atoms in total. The lowest BCUT2D eigenvalue weighted by Crippen LogP contribution is -2.38. The molecule has 0 aliphatic carbocycles. The van der Waals surface area contributed by atoms with Crippen LogP contribution in [0.5, 0.6) is 0 Å². The zero-order chi connectivity index (χ0) is 14.4. The van der Waals surface area contributed by atoms with Crippen molar-refractivity contribution < 1.29 is 9.53 Å². The lowest BCUT2D eigenvalue weighted by atomic mass is 9.94. The van der Waals surface area contributed by atoms with Gasteiger partial charge >= 0.3 is 0 Å². The number of methoxy groups -OCH3 is 1. The second-order valence-corrected chi connectivity index (χ2v) is 5.20. The number of carbonyl (C=O) groups is 1. The van der Waals surface area contributed by atoms with Crippen LogP contribution in [-0.4, -0.2) is 19.1 Å². The molecule has 0 aromatic heterocycles. The topological polar surface area (TPSA) is 38.3 Å². The number of nitrogens with one attached hydrogen (secondary N) is 1. The Morgan fingerprint density at radius 1 is 1.21 bits per heavy atom. The molecule has 0 fully saturated rings. The minimum absolute atomic E-state index is 0.0241. The fourth-order valence-electron chi connectivity index (χ4n) is 1.97. The minimum atomic E-state index is -0.420. The largest absolute Gasteiger partial charge is 0.372 e. The molecule has 1 aromatic rings. The molecule has 1 amide bonds. The van der Waals surface area contributed by atoms with Crippen molar-refractivity contribution in [2.24, 2.45) is 5.92 Å². The van der Waals surface area contributed by atoms with E-state index in [9.17, 15) is 4.79 Å². The molecule has 0 heterocycles. The molecule has 2 unspecified atom stereocenters. The molecular formula is C16H25NO2. The molecule has 1 rings (SSSR count). The van der Waals surface area contributed by atoms with Crippen molar-refractivity contribution in [3.05, 3.63) is 35.4 Å². The van der Waals surface area contributed by atoms with Crippen LogP contribution in [-0.2, 0) is 16.0 Å². The first-order valence-electron chi connectivity index (χ1n) is 6.91. The third-order valence-corrected chi connectivity index (χ3v) is 3.43. The van der Waals surface area contributed by atoms with Crippen molar-refractivity contribution in [1.82, 2.24) is 5.32 Å². The summed E-state index contributed by atoms with van der Waals surface area (Å²) in [6, 6.07) is 8.46. The first-order chi connectivity index (χ1) is 8.99. The maximum atomic E-state index is 11.9. The number of amides is 1. The minimum Gasteiger partial charge on any atom is -0.372 e. The Labute approximate surface area is 116 Å². The highest BCUT2D eigenvalue weighted by Gasteiger charge is 2.21. The summed E-state index contributed by atoms with van der Waals surface area (Å²) >= 11 is 0. The number of aryl methyl sites for hydroxylation is 1. The predicted molar refractivity (Wildman–Crippen MR) is 78.0 cm³/mol. The highest BCUT2D eigenvalue weighted by molar-refractivity contribution is 5.80. The summed E-state index contributed by atoms with van der Waals surface area (Å²) < 4.78 is 5.05. The van der Waals surface area contributed by atoms with E-state index in [0.29, 0.717) is 5.92 Å². The predicted octanol–water partition coefficient (Wildman–Crippen LogP) is 3.10. The van der Waals surface area contributed by atoms with Gasteiger partial charge in [0.2, 0.25) is 5.91 Å². The summed E-state index contributed by atoms with van der Waals surface area (Å²) in [5.41, 5.74) is 2.45.